The van der Waals surface area contributed by atoms with Crippen molar-refractivity contribution in [2.45, 2.75) is 29.5 Å². The van der Waals surface area contributed by atoms with Gasteiger partial charge in [0, 0.05) is 18.8 Å². The predicted molar refractivity (Wildman–Crippen MR) is 106 cm³/mol. The van der Waals surface area contributed by atoms with Crippen LogP contribution < -0.4 is 10.5 Å². The fraction of sp³-hybridized carbons (Fsp3) is 0.211. The van der Waals surface area contributed by atoms with Gasteiger partial charge in [0.15, 0.2) is 5.60 Å². The monoisotopic (exact) mass is 402 g/mol. The summed E-state index contributed by atoms with van der Waals surface area (Å²) in [6, 6.07) is 11.1. The van der Waals surface area contributed by atoms with Crippen LogP contribution in [0.15, 0.2) is 59.0 Å². The standard InChI is InChI=1S/C19H19ClN4O2S/c1-19(2,18(21)25)26-14-7-4-12(5-8-14)16-17(24(3)11-23-16)27-15-9-6-13(20)10-22-15/h4-11H,1-3H3,(H2,21,25). The summed E-state index contributed by atoms with van der Waals surface area (Å²) in [5.74, 6) is 0.0394. The van der Waals surface area contributed by atoms with E-state index in [1.54, 1.807) is 44.6 Å². The summed E-state index contributed by atoms with van der Waals surface area (Å²) in [6.07, 6.45) is 3.38. The molecule has 0 radical (unpaired) electrons. The highest BCUT2D eigenvalue weighted by molar-refractivity contribution is 7.99. The molecule has 0 aliphatic carbocycles. The number of nitrogens with zero attached hydrogens (tertiary/aromatic N) is 3. The summed E-state index contributed by atoms with van der Waals surface area (Å²) >= 11 is 7.41. The van der Waals surface area contributed by atoms with E-state index in [4.69, 9.17) is 22.1 Å². The number of hydrogen-bond donors (Lipinski definition) is 1. The minimum Gasteiger partial charge on any atom is -0.478 e. The average Bonchev–Trinajstić information content (AvgIpc) is 2.98. The molecule has 8 heteroatoms. The molecule has 0 saturated carbocycles. The highest BCUT2D eigenvalue weighted by Crippen LogP contribution is 2.35. The summed E-state index contributed by atoms with van der Waals surface area (Å²) in [5, 5.41) is 2.38. The minimum atomic E-state index is -1.08. The van der Waals surface area contributed by atoms with Crippen LogP contribution in [0.5, 0.6) is 5.75 Å². The number of hydrogen-bond acceptors (Lipinski definition) is 5. The Labute approximate surface area is 166 Å². The molecule has 2 aromatic heterocycles. The molecule has 1 amide bonds. The van der Waals surface area contributed by atoms with Gasteiger partial charge in [-0.15, -0.1) is 0 Å². The van der Waals surface area contributed by atoms with E-state index in [2.05, 4.69) is 9.97 Å². The molecule has 3 aromatic rings. The second-order valence-electron chi connectivity index (χ2n) is 6.43. The molecule has 2 heterocycles. The summed E-state index contributed by atoms with van der Waals surface area (Å²) in [6.45, 7) is 3.27. The summed E-state index contributed by atoms with van der Waals surface area (Å²) in [4.78, 5) is 20.3. The fourth-order valence-corrected chi connectivity index (χ4v) is 3.29. The second kappa shape index (κ2) is 7.62. The lowest BCUT2D eigenvalue weighted by molar-refractivity contribution is -0.130. The summed E-state index contributed by atoms with van der Waals surface area (Å²) < 4.78 is 7.61. The van der Waals surface area contributed by atoms with Crippen LogP contribution >= 0.6 is 23.4 Å². The van der Waals surface area contributed by atoms with Crippen LogP contribution in [0.4, 0.5) is 0 Å². The summed E-state index contributed by atoms with van der Waals surface area (Å²) in [5.41, 5.74) is 6.04. The molecule has 0 bridgehead atoms. The molecule has 27 heavy (non-hydrogen) atoms. The van der Waals surface area contributed by atoms with Crippen molar-refractivity contribution in [1.29, 1.82) is 0 Å². The Morgan fingerprint density at radius 3 is 2.48 bits per heavy atom. The van der Waals surface area contributed by atoms with E-state index in [0.29, 0.717) is 10.8 Å². The molecule has 2 N–H and O–H groups in total. The van der Waals surface area contributed by atoms with E-state index in [1.165, 1.54) is 11.8 Å². The fourth-order valence-electron chi connectivity index (χ4n) is 2.28. The third kappa shape index (κ3) is 4.43. The molecular formula is C19H19ClN4O2S. The van der Waals surface area contributed by atoms with E-state index in [0.717, 1.165) is 21.3 Å². The van der Waals surface area contributed by atoms with E-state index >= 15 is 0 Å². The van der Waals surface area contributed by atoms with Crippen molar-refractivity contribution in [3.63, 3.8) is 0 Å². The van der Waals surface area contributed by atoms with Gasteiger partial charge in [-0.1, -0.05) is 11.6 Å². The lowest BCUT2D eigenvalue weighted by Gasteiger charge is -2.22. The van der Waals surface area contributed by atoms with Gasteiger partial charge in [-0.05, 0) is 62.0 Å². The molecule has 140 valence electrons. The van der Waals surface area contributed by atoms with E-state index < -0.39 is 11.5 Å². The van der Waals surface area contributed by atoms with Crippen LogP contribution in [0, 0.1) is 0 Å². The number of rotatable bonds is 6. The topological polar surface area (TPSA) is 83.0 Å². The maximum Gasteiger partial charge on any atom is 0.261 e. The van der Waals surface area contributed by atoms with Crippen molar-refractivity contribution in [2.75, 3.05) is 0 Å². The zero-order chi connectivity index (χ0) is 19.6. The van der Waals surface area contributed by atoms with Gasteiger partial charge in [0.25, 0.3) is 5.91 Å². The Balaban J connectivity index is 1.85. The largest absolute Gasteiger partial charge is 0.478 e. The van der Waals surface area contributed by atoms with Gasteiger partial charge in [0.2, 0.25) is 0 Å². The number of primary amides is 1. The Kier molecular flexibility index (Phi) is 5.43. The number of carbonyl (C=O) groups is 1. The quantitative estimate of drug-likeness (QED) is 0.675. The molecule has 0 saturated heterocycles. The first-order valence-corrected chi connectivity index (χ1v) is 9.36. The average molecular weight is 403 g/mol. The van der Waals surface area contributed by atoms with Gasteiger partial charge >= 0.3 is 0 Å². The minimum absolute atomic E-state index is 0.523. The highest BCUT2D eigenvalue weighted by Gasteiger charge is 2.27. The molecule has 0 spiro atoms. The Hall–Kier alpha value is -2.51. The predicted octanol–water partition coefficient (Wildman–Crippen LogP) is 3.93. The maximum atomic E-state index is 11.4. The lowest BCUT2D eigenvalue weighted by atomic mass is 10.1. The van der Waals surface area contributed by atoms with Crippen molar-refractivity contribution < 1.29 is 9.53 Å². The van der Waals surface area contributed by atoms with Crippen LogP contribution in [0.1, 0.15) is 13.8 Å². The van der Waals surface area contributed by atoms with Crippen molar-refractivity contribution in [2.24, 2.45) is 12.8 Å². The maximum absolute atomic E-state index is 11.4. The highest BCUT2D eigenvalue weighted by atomic mass is 35.5. The van der Waals surface area contributed by atoms with Gasteiger partial charge < -0.3 is 15.0 Å². The SMILES string of the molecule is Cn1cnc(-c2ccc(OC(C)(C)C(N)=O)cc2)c1Sc1ccc(Cl)cn1. The van der Waals surface area contributed by atoms with Crippen LogP contribution in [-0.4, -0.2) is 26.0 Å². The van der Waals surface area contributed by atoms with Gasteiger partial charge in [-0.2, -0.15) is 0 Å². The van der Waals surface area contributed by atoms with Crippen molar-refractivity contribution in [1.82, 2.24) is 14.5 Å². The zero-order valence-electron chi connectivity index (χ0n) is 15.1. The normalized spacial score (nSPS) is 11.4. The number of benzene rings is 1. The third-order valence-electron chi connectivity index (χ3n) is 3.88. The number of imidazole rings is 1. The first kappa shape index (κ1) is 19.3. The molecule has 3 rings (SSSR count). The number of ether oxygens (including phenoxy) is 1. The Morgan fingerprint density at radius 2 is 1.89 bits per heavy atom. The van der Waals surface area contributed by atoms with Gasteiger partial charge in [0.05, 0.1) is 11.3 Å². The smallest absolute Gasteiger partial charge is 0.261 e. The molecular weight excluding hydrogens is 384 g/mol. The van der Waals surface area contributed by atoms with Crippen molar-refractivity contribution in [3.05, 3.63) is 53.9 Å². The molecule has 0 unspecified atom stereocenters. The molecule has 0 aliphatic rings. The number of carbonyl (C=O) groups excluding carboxylic acids is 1. The first-order valence-electron chi connectivity index (χ1n) is 8.16. The van der Waals surface area contributed by atoms with Crippen LogP contribution in [0.25, 0.3) is 11.3 Å². The lowest BCUT2D eigenvalue weighted by Crippen LogP contribution is -2.43. The van der Waals surface area contributed by atoms with Crippen LogP contribution in [0.2, 0.25) is 5.02 Å². The Morgan fingerprint density at radius 1 is 1.19 bits per heavy atom. The third-order valence-corrected chi connectivity index (χ3v) is 5.23. The molecule has 0 aliphatic heterocycles. The summed E-state index contributed by atoms with van der Waals surface area (Å²) in [7, 11) is 1.93. The second-order valence-corrected chi connectivity index (χ2v) is 7.87. The number of halogens is 1. The van der Waals surface area contributed by atoms with Crippen LogP contribution in [0.3, 0.4) is 0 Å². The van der Waals surface area contributed by atoms with E-state index in [1.807, 2.05) is 29.8 Å². The molecule has 1 aromatic carbocycles. The van der Waals surface area contributed by atoms with Gasteiger partial charge in [-0.3, -0.25) is 4.79 Å². The molecule has 0 atom stereocenters. The number of pyridine rings is 1. The number of nitrogens with two attached hydrogens (primary N) is 1. The number of aromatic nitrogens is 3. The number of amides is 1. The van der Waals surface area contributed by atoms with Gasteiger partial charge in [0.1, 0.15) is 21.5 Å². The number of aryl methyl sites for hydroxylation is 1. The van der Waals surface area contributed by atoms with Crippen molar-refractivity contribution >= 4 is 29.3 Å². The van der Waals surface area contributed by atoms with E-state index in [-0.39, 0.29) is 0 Å². The van der Waals surface area contributed by atoms with Crippen LogP contribution in [-0.2, 0) is 11.8 Å². The molecule has 6 nitrogen and oxygen atoms in total. The first-order chi connectivity index (χ1) is 12.8. The van der Waals surface area contributed by atoms with Crippen molar-refractivity contribution in [3.8, 4) is 17.0 Å². The zero-order valence-corrected chi connectivity index (χ0v) is 16.7. The van der Waals surface area contributed by atoms with E-state index in [9.17, 15) is 4.79 Å². The Bertz CT molecular complexity index is 953. The molecule has 0 fully saturated rings. The van der Waals surface area contributed by atoms with Gasteiger partial charge in [-0.25, -0.2) is 9.97 Å².